The van der Waals surface area contributed by atoms with Crippen LogP contribution < -0.4 is 4.74 Å². The molecule has 0 N–H and O–H groups in total. The molecule has 0 aliphatic carbocycles. The molecule has 134 valence electrons. The van der Waals surface area contributed by atoms with Gasteiger partial charge in [0.05, 0.1) is 29.9 Å². The van der Waals surface area contributed by atoms with Gasteiger partial charge in [0.1, 0.15) is 6.10 Å². The van der Waals surface area contributed by atoms with Gasteiger partial charge < -0.3 is 9.47 Å². The van der Waals surface area contributed by atoms with Crippen LogP contribution >= 0.6 is 0 Å². The zero-order valence-corrected chi connectivity index (χ0v) is 15.1. The highest BCUT2D eigenvalue weighted by atomic mass is 32.2. The Hall–Kier alpha value is -1.25. The van der Waals surface area contributed by atoms with E-state index in [0.29, 0.717) is 19.0 Å². The minimum atomic E-state index is -2.91. The van der Waals surface area contributed by atoms with Gasteiger partial charge in [-0.2, -0.15) is 0 Å². The third-order valence-corrected chi connectivity index (χ3v) is 6.33. The molecule has 0 aromatic carbocycles. The normalized spacial score (nSPS) is 23.8. The van der Waals surface area contributed by atoms with Crippen LogP contribution in [-0.4, -0.2) is 72.7 Å². The molecule has 1 unspecified atom stereocenters. The molecule has 2 fully saturated rings. The number of rotatable bonds is 6. The average molecular weight is 355 g/mol. The third kappa shape index (κ3) is 4.23. The largest absolute Gasteiger partial charge is 0.473 e. The van der Waals surface area contributed by atoms with Crippen LogP contribution in [0.3, 0.4) is 0 Å². The minimum absolute atomic E-state index is 0.0661. The average Bonchev–Trinajstić information content (AvgIpc) is 2.51. The van der Waals surface area contributed by atoms with Crippen molar-refractivity contribution < 1.29 is 17.9 Å². The number of ether oxygens (including phenoxy) is 2. The number of hydrogen-bond acceptors (Lipinski definition) is 7. The molecule has 2 aliphatic rings. The van der Waals surface area contributed by atoms with Gasteiger partial charge in [-0.15, -0.1) is 0 Å². The Bertz CT molecular complexity index is 674. The van der Waals surface area contributed by atoms with Crippen LogP contribution in [0.25, 0.3) is 0 Å². The van der Waals surface area contributed by atoms with Gasteiger partial charge in [-0.3, -0.25) is 9.88 Å². The maximum Gasteiger partial charge on any atom is 0.232 e. The SMILES string of the molecule is CCS(=O)(=O)CCN1CC2(CC(Oc3cncc(C)n3)CCO2)C1. The number of aromatic nitrogens is 2. The Morgan fingerprint density at radius 3 is 2.92 bits per heavy atom. The lowest BCUT2D eigenvalue weighted by atomic mass is 9.85. The van der Waals surface area contributed by atoms with Crippen molar-refractivity contribution in [1.29, 1.82) is 0 Å². The summed E-state index contributed by atoms with van der Waals surface area (Å²) in [5.74, 6) is 0.983. The molecule has 8 heteroatoms. The van der Waals surface area contributed by atoms with Gasteiger partial charge in [0.15, 0.2) is 9.84 Å². The van der Waals surface area contributed by atoms with Crippen molar-refractivity contribution in [2.75, 3.05) is 37.7 Å². The fraction of sp³-hybridized carbons (Fsp3) is 0.750. The lowest BCUT2D eigenvalue weighted by Gasteiger charge is -2.53. The van der Waals surface area contributed by atoms with E-state index in [-0.39, 0.29) is 23.2 Å². The highest BCUT2D eigenvalue weighted by Gasteiger charge is 2.48. The molecule has 2 aliphatic heterocycles. The molecule has 0 bridgehead atoms. The van der Waals surface area contributed by atoms with Crippen LogP contribution in [0.15, 0.2) is 12.4 Å². The van der Waals surface area contributed by atoms with Crippen molar-refractivity contribution in [1.82, 2.24) is 14.9 Å². The van der Waals surface area contributed by atoms with E-state index < -0.39 is 9.84 Å². The van der Waals surface area contributed by atoms with E-state index in [9.17, 15) is 8.42 Å². The fourth-order valence-electron chi connectivity index (χ4n) is 3.31. The van der Waals surface area contributed by atoms with Crippen LogP contribution in [0.2, 0.25) is 0 Å². The monoisotopic (exact) mass is 355 g/mol. The second-order valence-electron chi connectivity index (χ2n) is 6.71. The summed E-state index contributed by atoms with van der Waals surface area (Å²) in [5.41, 5.74) is 0.636. The van der Waals surface area contributed by atoms with Crippen molar-refractivity contribution >= 4 is 9.84 Å². The van der Waals surface area contributed by atoms with Crippen LogP contribution in [0.5, 0.6) is 5.88 Å². The Morgan fingerprint density at radius 2 is 2.21 bits per heavy atom. The first-order valence-electron chi connectivity index (χ1n) is 8.42. The highest BCUT2D eigenvalue weighted by molar-refractivity contribution is 7.91. The molecule has 3 rings (SSSR count). The van der Waals surface area contributed by atoms with Crippen molar-refractivity contribution in [3.05, 3.63) is 18.1 Å². The van der Waals surface area contributed by atoms with Crippen molar-refractivity contribution in [3.8, 4) is 5.88 Å². The Labute approximate surface area is 143 Å². The maximum absolute atomic E-state index is 11.6. The Kier molecular flexibility index (Phi) is 5.08. The summed E-state index contributed by atoms with van der Waals surface area (Å²) in [6.07, 6.45) is 5.04. The lowest BCUT2D eigenvalue weighted by Crippen LogP contribution is -2.66. The number of hydrogen-bond donors (Lipinski definition) is 0. The van der Waals surface area contributed by atoms with Crippen molar-refractivity contribution in [2.45, 2.75) is 38.4 Å². The molecule has 24 heavy (non-hydrogen) atoms. The molecule has 2 saturated heterocycles. The molecule has 3 heterocycles. The van der Waals surface area contributed by atoms with E-state index in [1.165, 1.54) is 0 Å². The van der Waals surface area contributed by atoms with E-state index in [0.717, 1.165) is 31.6 Å². The zero-order valence-electron chi connectivity index (χ0n) is 14.3. The summed E-state index contributed by atoms with van der Waals surface area (Å²) in [6, 6.07) is 0. The summed E-state index contributed by atoms with van der Waals surface area (Å²) in [7, 11) is -2.91. The van der Waals surface area contributed by atoms with Gasteiger partial charge in [-0.05, 0) is 6.92 Å². The minimum Gasteiger partial charge on any atom is -0.473 e. The van der Waals surface area contributed by atoms with Gasteiger partial charge in [-0.1, -0.05) is 6.92 Å². The Morgan fingerprint density at radius 1 is 1.42 bits per heavy atom. The summed E-state index contributed by atoms with van der Waals surface area (Å²) >= 11 is 0. The molecule has 1 atom stereocenters. The topological polar surface area (TPSA) is 81.6 Å². The summed E-state index contributed by atoms with van der Waals surface area (Å²) < 4.78 is 35.1. The number of sulfone groups is 1. The fourth-order valence-corrected chi connectivity index (χ4v) is 4.14. The molecule has 7 nitrogen and oxygen atoms in total. The molecule has 1 aromatic rings. The van der Waals surface area contributed by atoms with E-state index in [2.05, 4.69) is 14.9 Å². The first-order valence-corrected chi connectivity index (χ1v) is 10.2. The third-order valence-electron chi connectivity index (χ3n) is 4.65. The van der Waals surface area contributed by atoms with Gasteiger partial charge in [0.2, 0.25) is 5.88 Å². The van der Waals surface area contributed by atoms with Gasteiger partial charge in [0, 0.05) is 44.4 Å². The zero-order chi connectivity index (χ0) is 17.2. The molecule has 1 spiro atoms. The van der Waals surface area contributed by atoms with E-state index >= 15 is 0 Å². The molecule has 0 amide bonds. The molecular formula is C16H25N3O4S. The van der Waals surface area contributed by atoms with Gasteiger partial charge in [-0.25, -0.2) is 13.4 Å². The maximum atomic E-state index is 11.6. The Balaban J connectivity index is 1.50. The quantitative estimate of drug-likeness (QED) is 0.747. The van der Waals surface area contributed by atoms with Crippen molar-refractivity contribution in [3.63, 3.8) is 0 Å². The first kappa shape index (κ1) is 17.6. The van der Waals surface area contributed by atoms with Crippen molar-refractivity contribution in [2.24, 2.45) is 0 Å². The lowest BCUT2D eigenvalue weighted by molar-refractivity contribution is -0.184. The van der Waals surface area contributed by atoms with E-state index in [1.54, 1.807) is 19.3 Å². The smallest absolute Gasteiger partial charge is 0.232 e. The molecule has 0 radical (unpaired) electrons. The standard InChI is InChI=1S/C16H25N3O4S/c1-3-24(20,21)7-5-19-11-16(12-19)8-14(4-6-22-16)23-15-10-17-9-13(2)18-15/h9-10,14H,3-8,11-12H2,1-2H3. The van der Waals surface area contributed by atoms with E-state index in [1.807, 2.05) is 6.92 Å². The second kappa shape index (κ2) is 6.93. The van der Waals surface area contributed by atoms with Crippen LogP contribution in [0, 0.1) is 6.92 Å². The van der Waals surface area contributed by atoms with Crippen LogP contribution in [-0.2, 0) is 14.6 Å². The number of likely N-dealkylation sites (tertiary alicyclic amines) is 1. The van der Waals surface area contributed by atoms with Gasteiger partial charge >= 0.3 is 0 Å². The van der Waals surface area contributed by atoms with Crippen LogP contribution in [0.1, 0.15) is 25.5 Å². The number of aryl methyl sites for hydroxylation is 1. The predicted octanol–water partition coefficient (Wildman–Crippen LogP) is 0.832. The molecule has 1 aromatic heterocycles. The number of nitrogens with zero attached hydrogens (tertiary/aromatic N) is 3. The van der Waals surface area contributed by atoms with E-state index in [4.69, 9.17) is 9.47 Å². The molecule has 0 saturated carbocycles. The summed E-state index contributed by atoms with van der Waals surface area (Å²) in [6.45, 7) is 6.35. The predicted molar refractivity (Wildman–Crippen MR) is 89.9 cm³/mol. The van der Waals surface area contributed by atoms with Crippen LogP contribution in [0.4, 0.5) is 0 Å². The summed E-state index contributed by atoms with van der Waals surface area (Å²) in [4.78, 5) is 10.6. The molecular weight excluding hydrogens is 330 g/mol. The first-order chi connectivity index (χ1) is 11.4. The summed E-state index contributed by atoms with van der Waals surface area (Å²) in [5, 5.41) is 0. The highest BCUT2D eigenvalue weighted by Crippen LogP contribution is 2.35. The van der Waals surface area contributed by atoms with Gasteiger partial charge in [0.25, 0.3) is 0 Å². The second-order valence-corrected chi connectivity index (χ2v) is 9.18.